The second-order valence-corrected chi connectivity index (χ2v) is 7.30. The summed E-state index contributed by atoms with van der Waals surface area (Å²) < 4.78 is 5.80. The van der Waals surface area contributed by atoms with Crippen LogP contribution < -0.4 is 0 Å². The molecule has 3 aromatic carbocycles. The predicted molar refractivity (Wildman–Crippen MR) is 116 cm³/mol. The minimum Gasteiger partial charge on any atom is -0.507 e. The zero-order valence-electron chi connectivity index (χ0n) is 15.4. The summed E-state index contributed by atoms with van der Waals surface area (Å²) in [6, 6.07) is 13.6. The standard InChI is InChI=1S/C22H16Cl2N2O3/c1-2-12-3-6-20-18(7-12)26-22(29-20)16-10-15(4-5-19(16)27)25-11-13-8-14(23)9-17(24)21(13)28/h3-11,27-28H,2H2,1H3. The van der Waals surface area contributed by atoms with E-state index in [1.807, 2.05) is 18.2 Å². The van der Waals surface area contributed by atoms with Crippen molar-refractivity contribution in [2.24, 2.45) is 4.99 Å². The normalized spacial score (nSPS) is 11.6. The van der Waals surface area contributed by atoms with Crippen LogP contribution in [0.4, 0.5) is 5.69 Å². The van der Waals surface area contributed by atoms with Crippen LogP contribution in [0.2, 0.25) is 10.0 Å². The number of fused-ring (bicyclic) bond motifs is 1. The van der Waals surface area contributed by atoms with Crippen molar-refractivity contribution < 1.29 is 14.6 Å². The van der Waals surface area contributed by atoms with Crippen molar-refractivity contribution in [3.05, 3.63) is 69.7 Å². The lowest BCUT2D eigenvalue weighted by atomic mass is 10.1. The highest BCUT2D eigenvalue weighted by Gasteiger charge is 2.13. The minimum atomic E-state index is -0.107. The Kier molecular flexibility index (Phi) is 5.18. The van der Waals surface area contributed by atoms with E-state index in [9.17, 15) is 10.2 Å². The Morgan fingerprint density at radius 3 is 2.69 bits per heavy atom. The Hall–Kier alpha value is -3.02. The van der Waals surface area contributed by atoms with Gasteiger partial charge in [-0.25, -0.2) is 4.98 Å². The van der Waals surface area contributed by atoms with Crippen LogP contribution >= 0.6 is 23.2 Å². The van der Waals surface area contributed by atoms with Crippen molar-refractivity contribution in [3.8, 4) is 23.0 Å². The van der Waals surface area contributed by atoms with E-state index in [2.05, 4.69) is 16.9 Å². The Morgan fingerprint density at radius 1 is 1.07 bits per heavy atom. The lowest BCUT2D eigenvalue weighted by Gasteiger charge is -2.04. The number of nitrogens with zero attached hydrogens (tertiary/aromatic N) is 2. The maximum Gasteiger partial charge on any atom is 0.231 e. The predicted octanol–water partition coefficient (Wildman–Crippen LogP) is 6.53. The maximum absolute atomic E-state index is 10.3. The highest BCUT2D eigenvalue weighted by molar-refractivity contribution is 6.36. The summed E-state index contributed by atoms with van der Waals surface area (Å²) in [4.78, 5) is 8.84. The van der Waals surface area contributed by atoms with Crippen LogP contribution in [0.3, 0.4) is 0 Å². The number of halogens is 2. The smallest absolute Gasteiger partial charge is 0.231 e. The molecule has 29 heavy (non-hydrogen) atoms. The molecular weight excluding hydrogens is 411 g/mol. The molecular formula is C22H16Cl2N2O3. The molecule has 2 N–H and O–H groups in total. The van der Waals surface area contributed by atoms with Gasteiger partial charge in [0.2, 0.25) is 5.89 Å². The molecule has 0 aliphatic rings. The van der Waals surface area contributed by atoms with Gasteiger partial charge >= 0.3 is 0 Å². The summed E-state index contributed by atoms with van der Waals surface area (Å²) in [7, 11) is 0. The molecule has 0 saturated heterocycles. The number of benzene rings is 3. The van der Waals surface area contributed by atoms with Crippen molar-refractivity contribution >= 4 is 46.2 Å². The van der Waals surface area contributed by atoms with Crippen molar-refractivity contribution in [3.63, 3.8) is 0 Å². The molecule has 0 spiro atoms. The molecule has 1 aromatic heterocycles. The first kappa shape index (κ1) is 19.3. The van der Waals surface area contributed by atoms with Crippen LogP contribution in [0.15, 0.2) is 57.9 Å². The van der Waals surface area contributed by atoms with Gasteiger partial charge in [-0.15, -0.1) is 0 Å². The molecule has 0 aliphatic heterocycles. The molecule has 0 saturated carbocycles. The van der Waals surface area contributed by atoms with Crippen LogP contribution in [0.25, 0.3) is 22.6 Å². The number of aliphatic imine (C=N–C) groups is 1. The van der Waals surface area contributed by atoms with Crippen molar-refractivity contribution in [2.45, 2.75) is 13.3 Å². The quantitative estimate of drug-likeness (QED) is 0.363. The number of oxazole rings is 1. The van der Waals surface area contributed by atoms with Gasteiger partial charge < -0.3 is 14.6 Å². The highest BCUT2D eigenvalue weighted by Crippen LogP contribution is 2.35. The van der Waals surface area contributed by atoms with Crippen molar-refractivity contribution in [2.75, 3.05) is 0 Å². The highest BCUT2D eigenvalue weighted by atomic mass is 35.5. The van der Waals surface area contributed by atoms with Gasteiger partial charge in [0, 0.05) is 16.8 Å². The third-order valence-corrected chi connectivity index (χ3v) is 4.99. The second-order valence-electron chi connectivity index (χ2n) is 6.46. The fourth-order valence-corrected chi connectivity index (χ4v) is 3.42. The molecule has 0 unspecified atom stereocenters. The van der Waals surface area contributed by atoms with Gasteiger partial charge in [0.05, 0.1) is 16.3 Å². The molecule has 0 aliphatic carbocycles. The van der Waals surface area contributed by atoms with Gasteiger partial charge in [-0.1, -0.05) is 36.2 Å². The number of aromatic hydroxyl groups is 2. The molecule has 4 aromatic rings. The molecule has 7 heteroatoms. The van der Waals surface area contributed by atoms with Gasteiger partial charge in [-0.05, 0) is 54.4 Å². The van der Waals surface area contributed by atoms with E-state index >= 15 is 0 Å². The molecule has 0 amide bonds. The Bertz CT molecular complexity index is 1250. The number of aromatic nitrogens is 1. The third kappa shape index (κ3) is 3.92. The van der Waals surface area contributed by atoms with E-state index in [0.717, 1.165) is 17.5 Å². The lowest BCUT2D eigenvalue weighted by molar-refractivity contribution is 0.473. The summed E-state index contributed by atoms with van der Waals surface area (Å²) in [6.07, 6.45) is 2.34. The van der Waals surface area contributed by atoms with E-state index in [0.29, 0.717) is 33.3 Å². The molecule has 1 heterocycles. The molecule has 146 valence electrons. The van der Waals surface area contributed by atoms with E-state index < -0.39 is 0 Å². The third-order valence-electron chi connectivity index (χ3n) is 4.48. The summed E-state index contributed by atoms with van der Waals surface area (Å²) >= 11 is 11.9. The molecule has 0 bridgehead atoms. The average molecular weight is 427 g/mol. The Labute approximate surface area is 176 Å². The second kappa shape index (κ2) is 7.78. The van der Waals surface area contributed by atoms with Crippen LogP contribution in [0.5, 0.6) is 11.5 Å². The maximum atomic E-state index is 10.3. The summed E-state index contributed by atoms with van der Waals surface area (Å²) in [5.74, 6) is 0.223. The van der Waals surface area contributed by atoms with Gasteiger partial charge in [0.25, 0.3) is 0 Å². The number of phenolic OH excluding ortho intramolecular Hbond substituents is 2. The van der Waals surface area contributed by atoms with E-state index in [1.54, 1.807) is 18.2 Å². The van der Waals surface area contributed by atoms with E-state index in [-0.39, 0.29) is 16.5 Å². The molecule has 0 fully saturated rings. The number of rotatable bonds is 4. The van der Waals surface area contributed by atoms with E-state index in [4.69, 9.17) is 27.6 Å². The molecule has 4 rings (SSSR count). The zero-order valence-corrected chi connectivity index (χ0v) is 16.9. The van der Waals surface area contributed by atoms with Gasteiger partial charge in [0.15, 0.2) is 5.58 Å². The van der Waals surface area contributed by atoms with Crippen molar-refractivity contribution in [1.29, 1.82) is 0 Å². The van der Waals surface area contributed by atoms with Crippen LogP contribution in [0, 0.1) is 0 Å². The minimum absolute atomic E-state index is 0.0277. The first-order valence-corrected chi connectivity index (χ1v) is 9.65. The number of aryl methyl sites for hydroxylation is 1. The van der Waals surface area contributed by atoms with Crippen LogP contribution in [-0.2, 0) is 6.42 Å². The monoisotopic (exact) mass is 426 g/mol. The first-order valence-electron chi connectivity index (χ1n) is 8.89. The Morgan fingerprint density at radius 2 is 1.90 bits per heavy atom. The summed E-state index contributed by atoms with van der Waals surface area (Å²) in [5, 5.41) is 20.9. The largest absolute Gasteiger partial charge is 0.507 e. The van der Waals surface area contributed by atoms with Crippen molar-refractivity contribution in [1.82, 2.24) is 4.98 Å². The Balaban J connectivity index is 1.71. The van der Waals surface area contributed by atoms with E-state index in [1.165, 1.54) is 18.3 Å². The van der Waals surface area contributed by atoms with Crippen LogP contribution in [-0.4, -0.2) is 21.4 Å². The molecule has 0 radical (unpaired) electrons. The number of hydrogen-bond donors (Lipinski definition) is 2. The lowest BCUT2D eigenvalue weighted by Crippen LogP contribution is -1.84. The SMILES string of the molecule is CCc1ccc2oc(-c3cc(N=Cc4cc(Cl)cc(Cl)c4O)ccc3O)nc2c1. The fraction of sp³-hybridized carbons (Fsp3) is 0.0909. The number of hydrogen-bond acceptors (Lipinski definition) is 5. The van der Waals surface area contributed by atoms with Crippen LogP contribution in [0.1, 0.15) is 18.1 Å². The first-order chi connectivity index (χ1) is 13.9. The molecule has 0 atom stereocenters. The number of phenols is 2. The fourth-order valence-electron chi connectivity index (χ4n) is 2.91. The summed E-state index contributed by atoms with van der Waals surface area (Å²) in [6.45, 7) is 2.07. The zero-order chi connectivity index (χ0) is 20.5. The average Bonchev–Trinajstić information content (AvgIpc) is 3.13. The summed E-state index contributed by atoms with van der Waals surface area (Å²) in [5.41, 5.74) is 3.85. The molecule has 5 nitrogen and oxygen atoms in total. The topological polar surface area (TPSA) is 78.9 Å². The van der Waals surface area contributed by atoms with Gasteiger partial charge in [-0.3, -0.25) is 4.99 Å². The van der Waals surface area contributed by atoms with Gasteiger partial charge in [-0.2, -0.15) is 0 Å². The van der Waals surface area contributed by atoms with Gasteiger partial charge in [0.1, 0.15) is 17.0 Å².